The van der Waals surface area contributed by atoms with E-state index in [1.165, 1.54) is 11.1 Å². The molecule has 0 radical (unpaired) electrons. The van der Waals surface area contributed by atoms with Crippen LogP contribution in [-0.4, -0.2) is 4.57 Å². The molecule has 0 amide bonds. The second-order valence-corrected chi connectivity index (χ2v) is 4.82. The molecule has 1 atom stereocenters. The molecule has 0 aliphatic heterocycles. The highest BCUT2D eigenvalue weighted by Crippen LogP contribution is 2.16. The average molecular weight is 253 g/mol. The first kappa shape index (κ1) is 13.4. The summed E-state index contributed by atoms with van der Waals surface area (Å²) in [4.78, 5) is 0. The van der Waals surface area contributed by atoms with Crippen LogP contribution in [0.5, 0.6) is 0 Å². The number of nitrogens with zero attached hydrogens (tertiary/aromatic N) is 2. The van der Waals surface area contributed by atoms with Crippen molar-refractivity contribution in [2.45, 2.75) is 26.4 Å². The smallest absolute Gasteiger partial charge is 0.120 e. The number of hydrogen-bond acceptors (Lipinski definition) is 2. The molecule has 0 saturated heterocycles. The predicted molar refractivity (Wildman–Crippen MR) is 76.6 cm³/mol. The third-order valence-corrected chi connectivity index (χ3v) is 3.65. The van der Waals surface area contributed by atoms with Gasteiger partial charge in [-0.25, -0.2) is 0 Å². The lowest BCUT2D eigenvalue weighted by atomic mass is 10.1. The molecule has 1 N–H and O–H groups in total. The highest BCUT2D eigenvalue weighted by atomic mass is 15.0. The van der Waals surface area contributed by atoms with Gasteiger partial charge in [-0.05, 0) is 31.0 Å². The quantitative estimate of drug-likeness (QED) is 0.909. The summed E-state index contributed by atoms with van der Waals surface area (Å²) in [7, 11) is 1.93. The van der Waals surface area contributed by atoms with Crippen LogP contribution in [0, 0.1) is 18.3 Å². The van der Waals surface area contributed by atoms with Crippen LogP contribution in [0.2, 0.25) is 0 Å². The van der Waals surface area contributed by atoms with Crippen molar-refractivity contribution < 1.29 is 0 Å². The Labute approximate surface area is 114 Å². The van der Waals surface area contributed by atoms with Crippen LogP contribution in [0.1, 0.15) is 35.5 Å². The van der Waals surface area contributed by atoms with Gasteiger partial charge in [0.25, 0.3) is 0 Å². The molecule has 2 aromatic rings. The van der Waals surface area contributed by atoms with Crippen LogP contribution in [0.4, 0.5) is 0 Å². The fourth-order valence-electron chi connectivity index (χ4n) is 2.17. The Morgan fingerprint density at radius 2 is 2.00 bits per heavy atom. The molecule has 0 aliphatic carbocycles. The number of hydrogen-bond donors (Lipinski definition) is 1. The normalized spacial score (nSPS) is 12.1. The molecule has 98 valence electrons. The predicted octanol–water partition coefficient (Wildman–Crippen LogP) is 3.06. The van der Waals surface area contributed by atoms with Gasteiger partial charge in [0, 0.05) is 25.3 Å². The van der Waals surface area contributed by atoms with Crippen LogP contribution in [0.25, 0.3) is 0 Å². The average Bonchev–Trinajstić information content (AvgIpc) is 2.73. The van der Waals surface area contributed by atoms with Gasteiger partial charge in [-0.1, -0.05) is 30.3 Å². The van der Waals surface area contributed by atoms with Crippen LogP contribution in [0.15, 0.2) is 36.4 Å². The lowest BCUT2D eigenvalue weighted by Gasteiger charge is -2.14. The molecule has 3 nitrogen and oxygen atoms in total. The van der Waals surface area contributed by atoms with Gasteiger partial charge in [-0.2, -0.15) is 5.26 Å². The molecule has 0 saturated carbocycles. The molecule has 3 heteroatoms. The minimum atomic E-state index is 0.298. The van der Waals surface area contributed by atoms with Crippen molar-refractivity contribution in [2.24, 2.45) is 7.05 Å². The maximum absolute atomic E-state index is 9.02. The van der Waals surface area contributed by atoms with Gasteiger partial charge in [0.15, 0.2) is 0 Å². The van der Waals surface area contributed by atoms with E-state index in [1.54, 1.807) is 0 Å². The fraction of sp³-hybridized carbons (Fsp3) is 0.312. The molecule has 1 heterocycles. The monoisotopic (exact) mass is 253 g/mol. The van der Waals surface area contributed by atoms with E-state index in [9.17, 15) is 0 Å². The van der Waals surface area contributed by atoms with Crippen LogP contribution in [-0.2, 0) is 13.6 Å². The number of nitriles is 1. The molecule has 0 fully saturated rings. The van der Waals surface area contributed by atoms with Crippen molar-refractivity contribution in [1.29, 1.82) is 5.26 Å². The van der Waals surface area contributed by atoms with E-state index in [0.29, 0.717) is 11.7 Å². The van der Waals surface area contributed by atoms with E-state index in [1.807, 2.05) is 30.7 Å². The summed E-state index contributed by atoms with van der Waals surface area (Å²) < 4.78 is 1.93. The van der Waals surface area contributed by atoms with E-state index in [0.717, 1.165) is 12.2 Å². The molecular weight excluding hydrogens is 234 g/mol. The third-order valence-electron chi connectivity index (χ3n) is 3.65. The maximum Gasteiger partial charge on any atom is 0.120 e. The first-order valence-corrected chi connectivity index (χ1v) is 6.47. The van der Waals surface area contributed by atoms with Crippen LogP contribution < -0.4 is 5.32 Å². The summed E-state index contributed by atoms with van der Waals surface area (Å²) in [6, 6.07) is 14.8. The molecule has 19 heavy (non-hydrogen) atoms. The topological polar surface area (TPSA) is 40.8 Å². The number of rotatable bonds is 4. The molecule has 0 unspecified atom stereocenters. The Bertz CT molecular complexity index is 590. The van der Waals surface area contributed by atoms with E-state index in [4.69, 9.17) is 5.26 Å². The fourth-order valence-corrected chi connectivity index (χ4v) is 2.17. The van der Waals surface area contributed by atoms with E-state index in [-0.39, 0.29) is 0 Å². The van der Waals surface area contributed by atoms with Gasteiger partial charge >= 0.3 is 0 Å². The lowest BCUT2D eigenvalue weighted by Crippen LogP contribution is -2.18. The highest BCUT2D eigenvalue weighted by Gasteiger charge is 2.10. The number of nitrogens with one attached hydrogen (secondary N) is 1. The van der Waals surface area contributed by atoms with Crippen molar-refractivity contribution in [3.63, 3.8) is 0 Å². The summed E-state index contributed by atoms with van der Waals surface area (Å²) >= 11 is 0. The van der Waals surface area contributed by atoms with Gasteiger partial charge in [0.2, 0.25) is 0 Å². The first-order chi connectivity index (χ1) is 9.13. The highest BCUT2D eigenvalue weighted by molar-refractivity contribution is 5.34. The van der Waals surface area contributed by atoms with Gasteiger partial charge < -0.3 is 9.88 Å². The number of aromatic nitrogens is 1. The molecule has 1 aromatic heterocycles. The largest absolute Gasteiger partial charge is 0.340 e. The summed E-state index contributed by atoms with van der Waals surface area (Å²) in [6.45, 7) is 4.97. The maximum atomic E-state index is 9.02. The van der Waals surface area contributed by atoms with Crippen molar-refractivity contribution in [3.8, 4) is 6.07 Å². The zero-order valence-corrected chi connectivity index (χ0v) is 11.6. The van der Waals surface area contributed by atoms with E-state index in [2.05, 4.69) is 42.6 Å². The van der Waals surface area contributed by atoms with Crippen molar-refractivity contribution in [2.75, 3.05) is 0 Å². The zero-order chi connectivity index (χ0) is 13.8. The van der Waals surface area contributed by atoms with E-state index < -0.39 is 0 Å². The van der Waals surface area contributed by atoms with Crippen molar-refractivity contribution >= 4 is 0 Å². The molecule has 1 aromatic carbocycles. The van der Waals surface area contributed by atoms with Gasteiger partial charge in [0.05, 0.1) is 0 Å². The lowest BCUT2D eigenvalue weighted by molar-refractivity contribution is 0.572. The second kappa shape index (κ2) is 5.73. The number of benzene rings is 1. The Kier molecular flexibility index (Phi) is 4.03. The van der Waals surface area contributed by atoms with Gasteiger partial charge in [0.1, 0.15) is 11.8 Å². The van der Waals surface area contributed by atoms with Crippen LogP contribution >= 0.6 is 0 Å². The molecule has 0 bridgehead atoms. The summed E-state index contributed by atoms with van der Waals surface area (Å²) in [5.41, 5.74) is 4.31. The van der Waals surface area contributed by atoms with Gasteiger partial charge in [-0.15, -0.1) is 0 Å². The Morgan fingerprint density at radius 3 is 2.58 bits per heavy atom. The van der Waals surface area contributed by atoms with Crippen molar-refractivity contribution in [3.05, 3.63) is 58.9 Å². The summed E-state index contributed by atoms with van der Waals surface area (Å²) in [5.74, 6) is 0. The zero-order valence-electron chi connectivity index (χ0n) is 11.6. The van der Waals surface area contributed by atoms with Crippen LogP contribution in [0.3, 0.4) is 0 Å². The standard InChI is InChI=1S/C16H19N3/c1-12(14-7-5-4-6-8-14)18-11-15-9-16(10-17)19(3)13(15)2/h4-9,12,18H,11H2,1-3H3/t12-/m0/s1. The molecule has 0 aliphatic rings. The Balaban J connectivity index is 2.06. The van der Waals surface area contributed by atoms with Gasteiger partial charge in [-0.3, -0.25) is 0 Å². The first-order valence-electron chi connectivity index (χ1n) is 6.47. The molecule has 0 spiro atoms. The molecular formula is C16H19N3. The molecule has 2 rings (SSSR count). The summed E-state index contributed by atoms with van der Waals surface area (Å²) in [5, 5.41) is 12.5. The van der Waals surface area contributed by atoms with Crippen molar-refractivity contribution in [1.82, 2.24) is 9.88 Å². The third kappa shape index (κ3) is 2.86. The minimum absolute atomic E-state index is 0.298. The SMILES string of the molecule is Cc1c(CN[C@@H](C)c2ccccc2)cc(C#N)n1C. The summed E-state index contributed by atoms with van der Waals surface area (Å²) in [6.07, 6.45) is 0. The Morgan fingerprint density at radius 1 is 1.32 bits per heavy atom. The van der Waals surface area contributed by atoms with E-state index >= 15 is 0 Å². The Hall–Kier alpha value is -2.05. The minimum Gasteiger partial charge on any atom is -0.340 e. The second-order valence-electron chi connectivity index (χ2n) is 4.82.